The summed E-state index contributed by atoms with van der Waals surface area (Å²) in [6, 6.07) is 3.88. The van der Waals surface area contributed by atoms with Gasteiger partial charge in [-0.1, -0.05) is 32.6 Å². The van der Waals surface area contributed by atoms with Crippen LogP contribution in [-0.4, -0.2) is 11.0 Å². The van der Waals surface area contributed by atoms with Crippen LogP contribution in [0.15, 0.2) is 24.3 Å². The summed E-state index contributed by atoms with van der Waals surface area (Å²) in [6.45, 7) is 9.75. The van der Waals surface area contributed by atoms with Crippen LogP contribution in [0, 0.1) is 0 Å². The van der Waals surface area contributed by atoms with Gasteiger partial charge in [-0.05, 0) is 36.5 Å². The molecular formula is C15H21NO2. The van der Waals surface area contributed by atoms with Gasteiger partial charge in [0, 0.05) is 12.1 Å². The molecule has 3 nitrogen and oxygen atoms in total. The predicted molar refractivity (Wildman–Crippen MR) is 73.5 cm³/mol. The molecule has 0 aliphatic rings. The largest absolute Gasteiger partial charge is 0.507 e. The number of carbonyl (C=O) groups excluding carboxylic acids is 1. The number of phenols is 1. The van der Waals surface area contributed by atoms with Crippen LogP contribution in [0.3, 0.4) is 0 Å². The van der Waals surface area contributed by atoms with E-state index in [-0.39, 0.29) is 5.91 Å². The van der Waals surface area contributed by atoms with Crippen LogP contribution in [0.25, 0.3) is 0 Å². The van der Waals surface area contributed by atoms with E-state index in [1.54, 1.807) is 6.92 Å². The van der Waals surface area contributed by atoms with E-state index in [0.717, 1.165) is 29.5 Å². The van der Waals surface area contributed by atoms with Crippen LogP contribution >= 0.6 is 0 Å². The molecule has 18 heavy (non-hydrogen) atoms. The van der Waals surface area contributed by atoms with Crippen LogP contribution in [0.2, 0.25) is 0 Å². The van der Waals surface area contributed by atoms with Gasteiger partial charge in [-0.15, -0.1) is 0 Å². The molecule has 0 spiro atoms. The lowest BCUT2D eigenvalue weighted by atomic mass is 10.0. The number of benzene rings is 1. The molecule has 0 unspecified atom stereocenters. The molecule has 0 radical (unpaired) electrons. The Morgan fingerprint density at radius 2 is 1.78 bits per heavy atom. The van der Waals surface area contributed by atoms with E-state index in [1.165, 1.54) is 0 Å². The van der Waals surface area contributed by atoms with E-state index in [1.807, 2.05) is 26.0 Å². The number of hydrogen-bond acceptors (Lipinski definition) is 2. The first kappa shape index (κ1) is 14.3. The molecule has 0 saturated heterocycles. The Morgan fingerprint density at radius 3 is 2.17 bits per heavy atom. The number of aromatic hydroxyl groups is 1. The molecule has 0 aromatic heterocycles. The van der Waals surface area contributed by atoms with E-state index in [4.69, 9.17) is 0 Å². The van der Waals surface area contributed by atoms with Crippen LogP contribution in [0.1, 0.15) is 37.5 Å². The smallest absolute Gasteiger partial charge is 0.246 e. The van der Waals surface area contributed by atoms with Gasteiger partial charge in [-0.3, -0.25) is 4.79 Å². The first-order valence-corrected chi connectivity index (χ1v) is 6.26. The van der Waals surface area contributed by atoms with Gasteiger partial charge in [0.1, 0.15) is 5.75 Å². The van der Waals surface area contributed by atoms with Crippen LogP contribution in [0.5, 0.6) is 5.75 Å². The first-order valence-electron chi connectivity index (χ1n) is 6.26. The molecule has 0 aliphatic carbocycles. The van der Waals surface area contributed by atoms with Gasteiger partial charge < -0.3 is 10.4 Å². The summed E-state index contributed by atoms with van der Waals surface area (Å²) < 4.78 is 0. The van der Waals surface area contributed by atoms with Gasteiger partial charge in [0.05, 0.1) is 0 Å². The Labute approximate surface area is 109 Å². The highest BCUT2D eigenvalue weighted by Crippen LogP contribution is 2.25. The SMILES string of the molecule is C=C(C)C(=O)NCc1cc(CC)c(O)c(CC)c1. The van der Waals surface area contributed by atoms with E-state index >= 15 is 0 Å². The van der Waals surface area contributed by atoms with Crippen molar-refractivity contribution in [2.24, 2.45) is 0 Å². The maximum absolute atomic E-state index is 11.4. The lowest BCUT2D eigenvalue weighted by Crippen LogP contribution is -2.23. The van der Waals surface area contributed by atoms with Crippen molar-refractivity contribution in [3.63, 3.8) is 0 Å². The van der Waals surface area contributed by atoms with Gasteiger partial charge in [0.2, 0.25) is 5.91 Å². The molecule has 0 bridgehead atoms. The fourth-order valence-corrected chi connectivity index (χ4v) is 1.81. The minimum absolute atomic E-state index is 0.140. The molecule has 3 heteroatoms. The molecule has 0 saturated carbocycles. The van der Waals surface area contributed by atoms with Crippen molar-refractivity contribution >= 4 is 5.91 Å². The minimum Gasteiger partial charge on any atom is -0.507 e. The third kappa shape index (κ3) is 3.36. The lowest BCUT2D eigenvalue weighted by molar-refractivity contribution is -0.117. The fourth-order valence-electron chi connectivity index (χ4n) is 1.81. The van der Waals surface area contributed by atoms with E-state index in [0.29, 0.717) is 17.9 Å². The summed E-state index contributed by atoms with van der Waals surface area (Å²) in [5.74, 6) is 0.245. The zero-order valence-electron chi connectivity index (χ0n) is 11.3. The first-order chi connectivity index (χ1) is 8.49. The van der Waals surface area contributed by atoms with Crippen molar-refractivity contribution in [2.45, 2.75) is 40.2 Å². The van der Waals surface area contributed by atoms with E-state index in [9.17, 15) is 9.90 Å². The average Bonchev–Trinajstić information content (AvgIpc) is 2.36. The monoisotopic (exact) mass is 247 g/mol. The number of nitrogens with one attached hydrogen (secondary N) is 1. The second-order valence-electron chi connectivity index (χ2n) is 4.43. The zero-order chi connectivity index (χ0) is 13.7. The van der Waals surface area contributed by atoms with Gasteiger partial charge in [0.25, 0.3) is 0 Å². The maximum Gasteiger partial charge on any atom is 0.246 e. The predicted octanol–water partition coefficient (Wildman–Crippen LogP) is 2.71. The summed E-state index contributed by atoms with van der Waals surface area (Å²) in [6.07, 6.45) is 1.56. The number of hydrogen-bond donors (Lipinski definition) is 2. The highest BCUT2D eigenvalue weighted by molar-refractivity contribution is 5.92. The molecule has 0 atom stereocenters. The average molecular weight is 247 g/mol. The van der Waals surface area contributed by atoms with Crippen LogP contribution < -0.4 is 5.32 Å². The topological polar surface area (TPSA) is 49.3 Å². The summed E-state index contributed by atoms with van der Waals surface area (Å²) >= 11 is 0. The molecule has 98 valence electrons. The summed E-state index contributed by atoms with van der Waals surface area (Å²) in [7, 11) is 0. The van der Waals surface area contributed by atoms with E-state index in [2.05, 4.69) is 11.9 Å². The number of carbonyl (C=O) groups is 1. The lowest BCUT2D eigenvalue weighted by Gasteiger charge is -2.12. The van der Waals surface area contributed by atoms with Crippen molar-refractivity contribution in [1.82, 2.24) is 5.32 Å². The third-order valence-corrected chi connectivity index (χ3v) is 2.93. The summed E-state index contributed by atoms with van der Waals surface area (Å²) in [5.41, 5.74) is 3.36. The molecule has 1 aromatic rings. The Bertz CT molecular complexity index is 439. The number of aryl methyl sites for hydroxylation is 2. The van der Waals surface area contributed by atoms with Crippen molar-refractivity contribution in [3.8, 4) is 5.75 Å². The summed E-state index contributed by atoms with van der Waals surface area (Å²) in [5, 5.41) is 12.8. The van der Waals surface area contributed by atoms with Crippen LogP contribution in [0.4, 0.5) is 0 Å². The van der Waals surface area contributed by atoms with Crippen molar-refractivity contribution in [1.29, 1.82) is 0 Å². The quantitative estimate of drug-likeness (QED) is 0.786. The number of rotatable bonds is 5. The fraction of sp³-hybridized carbons (Fsp3) is 0.400. The molecular weight excluding hydrogens is 226 g/mol. The highest BCUT2D eigenvalue weighted by atomic mass is 16.3. The Balaban J connectivity index is 2.90. The third-order valence-electron chi connectivity index (χ3n) is 2.93. The van der Waals surface area contributed by atoms with Crippen molar-refractivity contribution in [3.05, 3.63) is 41.0 Å². The van der Waals surface area contributed by atoms with Crippen LogP contribution in [-0.2, 0) is 24.2 Å². The van der Waals surface area contributed by atoms with Crippen molar-refractivity contribution in [2.75, 3.05) is 0 Å². The van der Waals surface area contributed by atoms with E-state index < -0.39 is 0 Å². The molecule has 1 rings (SSSR count). The van der Waals surface area contributed by atoms with Gasteiger partial charge >= 0.3 is 0 Å². The Morgan fingerprint density at radius 1 is 1.28 bits per heavy atom. The normalized spacial score (nSPS) is 10.2. The molecule has 1 aromatic carbocycles. The molecule has 0 fully saturated rings. The maximum atomic E-state index is 11.4. The number of amides is 1. The second-order valence-corrected chi connectivity index (χ2v) is 4.43. The molecule has 0 heterocycles. The van der Waals surface area contributed by atoms with Gasteiger partial charge in [-0.2, -0.15) is 0 Å². The summed E-state index contributed by atoms with van der Waals surface area (Å²) in [4.78, 5) is 11.4. The molecule has 1 amide bonds. The zero-order valence-corrected chi connectivity index (χ0v) is 11.3. The molecule has 2 N–H and O–H groups in total. The number of phenolic OH excluding ortho intramolecular Hbond substituents is 1. The highest BCUT2D eigenvalue weighted by Gasteiger charge is 2.08. The second kappa shape index (κ2) is 6.24. The van der Waals surface area contributed by atoms with Crippen molar-refractivity contribution < 1.29 is 9.90 Å². The standard InChI is InChI=1S/C15H21NO2/c1-5-12-7-11(8-13(6-2)14(12)17)9-16-15(18)10(3)4/h7-8,17H,3,5-6,9H2,1-2,4H3,(H,16,18). The minimum atomic E-state index is -0.140. The van der Waals surface area contributed by atoms with Gasteiger partial charge in [-0.25, -0.2) is 0 Å². The Hall–Kier alpha value is -1.77. The molecule has 0 aliphatic heterocycles. The Kier molecular flexibility index (Phi) is 4.95. The van der Waals surface area contributed by atoms with Gasteiger partial charge in [0.15, 0.2) is 0 Å².